The van der Waals surface area contributed by atoms with Crippen molar-refractivity contribution >= 4 is 5.97 Å². The van der Waals surface area contributed by atoms with Crippen LogP contribution >= 0.6 is 0 Å². The number of carbonyl (C=O) groups is 1. The molecule has 0 aliphatic heterocycles. The first-order chi connectivity index (χ1) is 8.95. The van der Waals surface area contributed by atoms with Gasteiger partial charge in [-0.1, -0.05) is 32.8 Å². The van der Waals surface area contributed by atoms with Gasteiger partial charge < -0.3 is 5.11 Å². The highest BCUT2D eigenvalue weighted by molar-refractivity contribution is 5.75. The van der Waals surface area contributed by atoms with Gasteiger partial charge in [-0.2, -0.15) is 0 Å². The highest BCUT2D eigenvalue weighted by Gasteiger charge is 2.36. The zero-order valence-electron chi connectivity index (χ0n) is 11.4. The minimum atomic E-state index is -0.964. The number of benzene rings is 1. The Morgan fingerprint density at radius 1 is 1.32 bits per heavy atom. The molecule has 0 saturated heterocycles. The highest BCUT2D eigenvalue weighted by Crippen LogP contribution is 2.34. The number of carboxylic acid groups (broad SMARTS) is 1. The van der Waals surface area contributed by atoms with Crippen LogP contribution in [0, 0.1) is 17.0 Å². The van der Waals surface area contributed by atoms with Crippen molar-refractivity contribution < 1.29 is 18.7 Å². The summed E-state index contributed by atoms with van der Waals surface area (Å²) in [5.41, 5.74) is -0.698. The highest BCUT2D eigenvalue weighted by atomic mass is 19.1. The van der Waals surface area contributed by atoms with Gasteiger partial charge in [0.05, 0.1) is 5.41 Å². The number of hydrogen-bond donors (Lipinski definition) is 1. The zero-order chi connectivity index (χ0) is 14.5. The molecule has 1 rings (SSSR count). The van der Waals surface area contributed by atoms with Crippen molar-refractivity contribution in [3.05, 3.63) is 35.4 Å². The van der Waals surface area contributed by atoms with Gasteiger partial charge in [-0.05, 0) is 30.9 Å². The number of hydrogen-bond acceptors (Lipinski definition) is 1. The van der Waals surface area contributed by atoms with Crippen LogP contribution in [0.4, 0.5) is 8.78 Å². The fourth-order valence-electron chi connectivity index (χ4n) is 2.27. The van der Waals surface area contributed by atoms with E-state index in [4.69, 9.17) is 0 Å². The molecule has 1 atom stereocenters. The Morgan fingerprint density at radius 3 is 2.47 bits per heavy atom. The Bertz CT molecular complexity index is 446. The largest absolute Gasteiger partial charge is 0.481 e. The molecular formula is C15H20F2O2. The maximum atomic E-state index is 13.7. The van der Waals surface area contributed by atoms with Gasteiger partial charge in [-0.3, -0.25) is 4.79 Å². The van der Waals surface area contributed by atoms with E-state index >= 15 is 0 Å². The van der Waals surface area contributed by atoms with Crippen LogP contribution in [0.3, 0.4) is 0 Å². The van der Waals surface area contributed by atoms with E-state index in [-0.39, 0.29) is 12.0 Å². The molecule has 0 spiro atoms. The van der Waals surface area contributed by atoms with E-state index in [2.05, 4.69) is 0 Å². The zero-order valence-corrected chi connectivity index (χ0v) is 11.4. The van der Waals surface area contributed by atoms with Crippen LogP contribution in [0.25, 0.3) is 0 Å². The lowest BCUT2D eigenvalue weighted by atomic mass is 9.75. The molecule has 1 aromatic rings. The Hall–Kier alpha value is -1.45. The second-order valence-corrected chi connectivity index (χ2v) is 4.96. The molecule has 1 N–H and O–H groups in total. The minimum Gasteiger partial charge on any atom is -0.481 e. The molecule has 19 heavy (non-hydrogen) atoms. The summed E-state index contributed by atoms with van der Waals surface area (Å²) in [6, 6.07) is 3.31. The average molecular weight is 270 g/mol. The summed E-state index contributed by atoms with van der Waals surface area (Å²) < 4.78 is 26.5. The third-order valence-electron chi connectivity index (χ3n) is 3.68. The maximum Gasteiger partial charge on any atom is 0.309 e. The standard InChI is InChI=1S/C15H20F2O2/c1-3-5-8-15(4-2,14(18)19)10-11-6-7-12(16)9-13(11)17/h6-7,9H,3-5,8,10H2,1-2H3,(H,18,19). The normalized spacial score (nSPS) is 14.1. The van der Waals surface area contributed by atoms with E-state index in [0.717, 1.165) is 18.9 Å². The van der Waals surface area contributed by atoms with Gasteiger partial charge in [0, 0.05) is 6.07 Å². The lowest BCUT2D eigenvalue weighted by molar-refractivity contribution is -0.149. The SMILES string of the molecule is CCCCC(CC)(Cc1ccc(F)cc1F)C(=O)O. The van der Waals surface area contributed by atoms with E-state index in [9.17, 15) is 18.7 Å². The first kappa shape index (κ1) is 15.6. The monoisotopic (exact) mass is 270 g/mol. The van der Waals surface area contributed by atoms with Gasteiger partial charge in [0.25, 0.3) is 0 Å². The van der Waals surface area contributed by atoms with Gasteiger partial charge in [0.1, 0.15) is 11.6 Å². The molecule has 4 heteroatoms. The number of aliphatic carboxylic acids is 1. The molecule has 0 radical (unpaired) electrons. The average Bonchev–Trinajstić information content (AvgIpc) is 2.37. The van der Waals surface area contributed by atoms with Crippen molar-refractivity contribution in [2.75, 3.05) is 0 Å². The smallest absolute Gasteiger partial charge is 0.309 e. The molecule has 1 aromatic carbocycles. The van der Waals surface area contributed by atoms with Crippen molar-refractivity contribution in [1.82, 2.24) is 0 Å². The van der Waals surface area contributed by atoms with E-state index in [1.165, 1.54) is 12.1 Å². The predicted octanol–water partition coefficient (Wildman–Crippen LogP) is 4.18. The molecular weight excluding hydrogens is 250 g/mol. The van der Waals surface area contributed by atoms with Gasteiger partial charge in [0.2, 0.25) is 0 Å². The second kappa shape index (κ2) is 6.64. The summed E-state index contributed by atoms with van der Waals surface area (Å²) >= 11 is 0. The van der Waals surface area contributed by atoms with Crippen LogP contribution < -0.4 is 0 Å². The van der Waals surface area contributed by atoms with Crippen LogP contribution in [0.5, 0.6) is 0 Å². The molecule has 0 aliphatic rings. The van der Waals surface area contributed by atoms with Gasteiger partial charge in [-0.25, -0.2) is 8.78 Å². The number of halogens is 2. The Kier molecular flexibility index (Phi) is 5.45. The van der Waals surface area contributed by atoms with Crippen LogP contribution in [0.2, 0.25) is 0 Å². The quantitative estimate of drug-likeness (QED) is 0.807. The fraction of sp³-hybridized carbons (Fsp3) is 0.533. The van der Waals surface area contributed by atoms with Crippen molar-refractivity contribution in [2.24, 2.45) is 5.41 Å². The number of rotatable bonds is 7. The van der Waals surface area contributed by atoms with Crippen molar-refractivity contribution in [2.45, 2.75) is 46.0 Å². The van der Waals surface area contributed by atoms with E-state index in [0.29, 0.717) is 12.8 Å². The molecule has 0 aromatic heterocycles. The second-order valence-electron chi connectivity index (χ2n) is 4.96. The topological polar surface area (TPSA) is 37.3 Å². The van der Waals surface area contributed by atoms with Gasteiger partial charge >= 0.3 is 5.97 Å². The summed E-state index contributed by atoms with van der Waals surface area (Å²) in [6.45, 7) is 3.78. The summed E-state index contributed by atoms with van der Waals surface area (Å²) in [6.07, 6.45) is 2.71. The Labute approximate surface area is 112 Å². The van der Waals surface area contributed by atoms with Gasteiger partial charge in [0.15, 0.2) is 0 Å². The summed E-state index contributed by atoms with van der Waals surface area (Å²) in [7, 11) is 0. The molecule has 0 aliphatic carbocycles. The molecule has 0 fully saturated rings. The van der Waals surface area contributed by atoms with E-state index < -0.39 is 23.0 Å². The van der Waals surface area contributed by atoms with Crippen LogP contribution in [-0.2, 0) is 11.2 Å². The third kappa shape index (κ3) is 3.75. The molecule has 106 valence electrons. The summed E-state index contributed by atoms with van der Waals surface area (Å²) in [5.74, 6) is -2.23. The van der Waals surface area contributed by atoms with Crippen LogP contribution in [-0.4, -0.2) is 11.1 Å². The molecule has 0 saturated carbocycles. The van der Waals surface area contributed by atoms with Crippen LogP contribution in [0.1, 0.15) is 45.1 Å². The Balaban J connectivity index is 3.02. The number of unbranched alkanes of at least 4 members (excludes halogenated alkanes) is 1. The minimum absolute atomic E-state index is 0.102. The van der Waals surface area contributed by atoms with Gasteiger partial charge in [-0.15, -0.1) is 0 Å². The lowest BCUT2D eigenvalue weighted by Crippen LogP contribution is -2.33. The number of carboxylic acids is 1. The Morgan fingerprint density at radius 2 is 2.00 bits per heavy atom. The van der Waals surface area contributed by atoms with E-state index in [1.807, 2.05) is 6.92 Å². The fourth-order valence-corrected chi connectivity index (χ4v) is 2.27. The van der Waals surface area contributed by atoms with Crippen molar-refractivity contribution in [3.8, 4) is 0 Å². The molecule has 0 bridgehead atoms. The lowest BCUT2D eigenvalue weighted by Gasteiger charge is -2.28. The molecule has 0 amide bonds. The van der Waals surface area contributed by atoms with E-state index in [1.54, 1.807) is 6.92 Å². The summed E-state index contributed by atoms with van der Waals surface area (Å²) in [5, 5.41) is 9.46. The van der Waals surface area contributed by atoms with Crippen LogP contribution in [0.15, 0.2) is 18.2 Å². The maximum absolute atomic E-state index is 13.7. The molecule has 1 unspecified atom stereocenters. The predicted molar refractivity (Wildman–Crippen MR) is 69.9 cm³/mol. The van der Waals surface area contributed by atoms with Crippen molar-refractivity contribution in [1.29, 1.82) is 0 Å². The molecule has 2 nitrogen and oxygen atoms in total. The first-order valence-corrected chi connectivity index (χ1v) is 6.62. The first-order valence-electron chi connectivity index (χ1n) is 6.62. The van der Waals surface area contributed by atoms with Crippen molar-refractivity contribution in [3.63, 3.8) is 0 Å². The molecule has 0 heterocycles. The third-order valence-corrected chi connectivity index (χ3v) is 3.68. The summed E-state index contributed by atoms with van der Waals surface area (Å²) in [4.78, 5) is 11.5.